The van der Waals surface area contributed by atoms with Crippen LogP contribution in [0, 0.1) is 0 Å². The molecule has 1 unspecified atom stereocenters. The van der Waals surface area contributed by atoms with Crippen molar-refractivity contribution in [2.75, 3.05) is 6.54 Å². The van der Waals surface area contributed by atoms with Gasteiger partial charge in [0.05, 0.1) is 6.10 Å². The number of nitrogens with one attached hydrogen (secondary N) is 1. The maximum absolute atomic E-state index is 11.5. The predicted molar refractivity (Wildman–Crippen MR) is 70.4 cm³/mol. The number of benzene rings is 1. The molecule has 1 rings (SSSR count). The monoisotopic (exact) mass is 251 g/mol. The minimum absolute atomic E-state index is 0.0541. The van der Waals surface area contributed by atoms with E-state index >= 15 is 0 Å². The van der Waals surface area contributed by atoms with Gasteiger partial charge >= 0.3 is 0 Å². The van der Waals surface area contributed by atoms with Crippen LogP contribution in [0.1, 0.15) is 31.7 Å². The lowest BCUT2D eigenvalue weighted by Crippen LogP contribution is -2.27. The first kappa shape index (κ1) is 14.5. The lowest BCUT2D eigenvalue weighted by atomic mass is 10.1. The van der Waals surface area contributed by atoms with Gasteiger partial charge in [0.25, 0.3) is 0 Å². The molecule has 0 saturated carbocycles. The third-order valence-electron chi connectivity index (χ3n) is 2.88. The summed E-state index contributed by atoms with van der Waals surface area (Å²) in [4.78, 5) is 11.5. The van der Waals surface area contributed by atoms with E-state index in [-0.39, 0.29) is 17.8 Å². The van der Waals surface area contributed by atoms with Gasteiger partial charge in [-0.3, -0.25) is 4.79 Å². The van der Waals surface area contributed by atoms with Crippen molar-refractivity contribution < 1.29 is 15.0 Å². The number of rotatable bonds is 7. The predicted octanol–water partition coefficient (Wildman–Crippen LogP) is 1.60. The molecule has 100 valence electrons. The summed E-state index contributed by atoms with van der Waals surface area (Å²) in [6, 6.07) is 7.02. The number of aliphatic hydroxyl groups is 1. The van der Waals surface area contributed by atoms with Gasteiger partial charge in [0.2, 0.25) is 5.91 Å². The highest BCUT2D eigenvalue weighted by Crippen LogP contribution is 2.16. The highest BCUT2D eigenvalue weighted by molar-refractivity contribution is 5.76. The van der Waals surface area contributed by atoms with Gasteiger partial charge in [0, 0.05) is 13.0 Å². The maximum atomic E-state index is 11.5. The molecule has 18 heavy (non-hydrogen) atoms. The van der Waals surface area contributed by atoms with Crippen LogP contribution < -0.4 is 5.32 Å². The fourth-order valence-corrected chi connectivity index (χ4v) is 1.64. The number of phenolic OH excluding ortho intramolecular Hbond substituents is 1. The zero-order valence-electron chi connectivity index (χ0n) is 10.7. The Labute approximate surface area is 108 Å². The van der Waals surface area contributed by atoms with Gasteiger partial charge in [-0.25, -0.2) is 0 Å². The molecule has 4 nitrogen and oxygen atoms in total. The van der Waals surface area contributed by atoms with Crippen molar-refractivity contribution in [3.05, 3.63) is 29.8 Å². The third-order valence-corrected chi connectivity index (χ3v) is 2.88. The second-order valence-corrected chi connectivity index (χ2v) is 4.33. The molecule has 0 bridgehead atoms. The summed E-state index contributed by atoms with van der Waals surface area (Å²) in [5.41, 5.74) is 0.779. The van der Waals surface area contributed by atoms with Crippen LogP contribution in [0.5, 0.6) is 5.75 Å². The first-order valence-electron chi connectivity index (χ1n) is 6.35. The highest BCUT2D eigenvalue weighted by Gasteiger charge is 2.06. The average Bonchev–Trinajstić information content (AvgIpc) is 2.37. The van der Waals surface area contributed by atoms with Gasteiger partial charge in [0.15, 0.2) is 0 Å². The van der Waals surface area contributed by atoms with E-state index < -0.39 is 0 Å². The van der Waals surface area contributed by atoms with Crippen molar-refractivity contribution in [1.29, 1.82) is 0 Å². The molecule has 0 aliphatic carbocycles. The Hall–Kier alpha value is -1.55. The Bertz CT molecular complexity index is 379. The first-order chi connectivity index (χ1) is 8.63. The molecule has 0 saturated heterocycles. The minimum Gasteiger partial charge on any atom is -0.508 e. The number of aromatic hydroxyl groups is 1. The van der Waals surface area contributed by atoms with E-state index in [4.69, 9.17) is 0 Å². The molecule has 1 atom stereocenters. The van der Waals surface area contributed by atoms with Crippen LogP contribution in [0.4, 0.5) is 0 Å². The van der Waals surface area contributed by atoms with Crippen LogP contribution >= 0.6 is 0 Å². The largest absolute Gasteiger partial charge is 0.508 e. The lowest BCUT2D eigenvalue weighted by Gasteiger charge is -2.09. The van der Waals surface area contributed by atoms with Crippen molar-refractivity contribution in [3.63, 3.8) is 0 Å². The molecule has 4 heteroatoms. The molecular formula is C14H21NO3. The van der Waals surface area contributed by atoms with E-state index in [1.807, 2.05) is 19.1 Å². The Morgan fingerprint density at radius 1 is 1.39 bits per heavy atom. The fraction of sp³-hybridized carbons (Fsp3) is 0.500. The smallest absolute Gasteiger partial charge is 0.220 e. The summed E-state index contributed by atoms with van der Waals surface area (Å²) in [5.74, 6) is 0.174. The molecule has 1 amide bonds. The second kappa shape index (κ2) is 7.71. The number of hydrogen-bond acceptors (Lipinski definition) is 3. The highest BCUT2D eigenvalue weighted by atomic mass is 16.3. The van der Waals surface area contributed by atoms with Crippen molar-refractivity contribution in [3.8, 4) is 5.75 Å². The zero-order chi connectivity index (χ0) is 13.4. The van der Waals surface area contributed by atoms with Gasteiger partial charge in [-0.05, 0) is 30.9 Å². The number of amides is 1. The van der Waals surface area contributed by atoms with Crippen molar-refractivity contribution in [1.82, 2.24) is 5.32 Å². The molecule has 1 aromatic carbocycles. The maximum Gasteiger partial charge on any atom is 0.220 e. The number of carbonyl (C=O) groups excluding carboxylic acids is 1. The van der Waals surface area contributed by atoms with Crippen LogP contribution in [-0.4, -0.2) is 28.8 Å². The van der Waals surface area contributed by atoms with E-state index in [0.717, 1.165) is 5.56 Å². The quantitative estimate of drug-likeness (QED) is 0.689. The number of para-hydroxylation sites is 1. The average molecular weight is 251 g/mol. The van der Waals surface area contributed by atoms with Crippen LogP contribution in [0.3, 0.4) is 0 Å². The van der Waals surface area contributed by atoms with E-state index in [9.17, 15) is 15.0 Å². The third kappa shape index (κ3) is 5.19. The van der Waals surface area contributed by atoms with E-state index in [1.54, 1.807) is 12.1 Å². The van der Waals surface area contributed by atoms with Gasteiger partial charge in [-0.2, -0.15) is 0 Å². The molecule has 0 radical (unpaired) electrons. The first-order valence-corrected chi connectivity index (χ1v) is 6.35. The molecular weight excluding hydrogens is 230 g/mol. The summed E-state index contributed by atoms with van der Waals surface area (Å²) in [7, 11) is 0. The van der Waals surface area contributed by atoms with Gasteiger partial charge in [-0.15, -0.1) is 0 Å². The van der Waals surface area contributed by atoms with E-state index in [1.165, 1.54) is 0 Å². The Morgan fingerprint density at radius 3 is 2.78 bits per heavy atom. The summed E-state index contributed by atoms with van der Waals surface area (Å²) >= 11 is 0. The Kier molecular flexibility index (Phi) is 6.22. The van der Waals surface area contributed by atoms with Crippen LogP contribution in [0.25, 0.3) is 0 Å². The number of aliphatic hydroxyl groups excluding tert-OH is 1. The summed E-state index contributed by atoms with van der Waals surface area (Å²) in [6.45, 7) is 2.40. The summed E-state index contributed by atoms with van der Waals surface area (Å²) in [5, 5.41) is 21.6. The normalized spacial score (nSPS) is 12.1. The van der Waals surface area contributed by atoms with Gasteiger partial charge in [-0.1, -0.05) is 25.1 Å². The topological polar surface area (TPSA) is 69.6 Å². The summed E-state index contributed by atoms with van der Waals surface area (Å²) < 4.78 is 0. The Morgan fingerprint density at radius 2 is 2.11 bits per heavy atom. The number of carbonyl (C=O) groups is 1. The molecule has 1 aromatic rings. The van der Waals surface area contributed by atoms with Crippen molar-refractivity contribution in [2.45, 2.75) is 38.7 Å². The van der Waals surface area contributed by atoms with Crippen molar-refractivity contribution >= 4 is 5.91 Å². The molecule has 0 heterocycles. The molecule has 0 fully saturated rings. The molecule has 0 aliphatic heterocycles. The zero-order valence-corrected chi connectivity index (χ0v) is 10.7. The molecule has 3 N–H and O–H groups in total. The fourth-order valence-electron chi connectivity index (χ4n) is 1.64. The van der Waals surface area contributed by atoms with Gasteiger partial charge in [0.1, 0.15) is 5.75 Å². The molecule has 0 aromatic heterocycles. The van der Waals surface area contributed by atoms with E-state index in [0.29, 0.717) is 32.2 Å². The van der Waals surface area contributed by atoms with Crippen molar-refractivity contribution in [2.24, 2.45) is 0 Å². The van der Waals surface area contributed by atoms with Crippen LogP contribution in [-0.2, 0) is 11.2 Å². The van der Waals surface area contributed by atoms with Gasteiger partial charge < -0.3 is 15.5 Å². The standard InChI is InChI=1S/C14H21NO3/c1-2-12(16)9-10-15-14(18)8-7-11-5-3-4-6-13(11)17/h3-6,12,16-17H,2,7-10H2,1H3,(H,15,18). The summed E-state index contributed by atoms with van der Waals surface area (Å²) in [6.07, 6.45) is 1.81. The Balaban J connectivity index is 2.23. The second-order valence-electron chi connectivity index (χ2n) is 4.33. The SMILES string of the molecule is CCC(O)CCNC(=O)CCc1ccccc1O. The number of aryl methyl sites for hydroxylation is 1. The molecule has 0 aliphatic rings. The number of hydrogen-bond donors (Lipinski definition) is 3. The lowest BCUT2D eigenvalue weighted by molar-refractivity contribution is -0.121. The minimum atomic E-state index is -0.344. The number of phenols is 1. The molecule has 0 spiro atoms. The van der Waals surface area contributed by atoms with E-state index in [2.05, 4.69) is 5.32 Å². The van der Waals surface area contributed by atoms with Crippen LogP contribution in [0.2, 0.25) is 0 Å². The van der Waals surface area contributed by atoms with Crippen LogP contribution in [0.15, 0.2) is 24.3 Å².